The Balaban J connectivity index is 1.78. The van der Waals surface area contributed by atoms with Crippen molar-refractivity contribution in [1.29, 1.82) is 0 Å². The average molecular weight is 490 g/mol. The SMILES string of the molecule is O=C(O)COc1ccc(/C=C2\C(=O)N(c3ccc(F)cc3)N=C2c2ccccc2)c(OCC(=O)O)c1. The van der Waals surface area contributed by atoms with Gasteiger partial charge in [-0.05, 0) is 42.5 Å². The lowest BCUT2D eigenvalue weighted by Crippen LogP contribution is -2.21. The number of carbonyl (C=O) groups excluding carboxylic acids is 1. The van der Waals surface area contributed by atoms with Crippen molar-refractivity contribution in [1.82, 2.24) is 0 Å². The van der Waals surface area contributed by atoms with E-state index in [9.17, 15) is 18.8 Å². The first-order chi connectivity index (χ1) is 17.3. The molecule has 182 valence electrons. The topological polar surface area (TPSA) is 126 Å². The molecule has 9 nitrogen and oxygen atoms in total. The number of carbonyl (C=O) groups is 3. The fourth-order valence-corrected chi connectivity index (χ4v) is 3.40. The molecule has 0 atom stereocenters. The molecule has 3 aromatic carbocycles. The van der Waals surface area contributed by atoms with Crippen molar-refractivity contribution in [2.75, 3.05) is 18.2 Å². The Labute approximate surface area is 204 Å². The van der Waals surface area contributed by atoms with Crippen LogP contribution in [-0.2, 0) is 14.4 Å². The zero-order chi connectivity index (χ0) is 25.7. The van der Waals surface area contributed by atoms with Gasteiger partial charge in [-0.25, -0.2) is 14.0 Å². The number of carboxylic acids is 2. The van der Waals surface area contributed by atoms with Crippen LogP contribution in [0, 0.1) is 5.82 Å². The van der Waals surface area contributed by atoms with Gasteiger partial charge in [0.15, 0.2) is 13.2 Å². The van der Waals surface area contributed by atoms with E-state index in [0.717, 1.165) is 5.01 Å². The number of amides is 1. The van der Waals surface area contributed by atoms with Gasteiger partial charge >= 0.3 is 11.9 Å². The van der Waals surface area contributed by atoms with E-state index in [2.05, 4.69) is 5.10 Å². The molecule has 2 N–H and O–H groups in total. The summed E-state index contributed by atoms with van der Waals surface area (Å²) in [5, 5.41) is 23.5. The lowest BCUT2D eigenvalue weighted by Gasteiger charge is -2.12. The molecule has 1 aliphatic heterocycles. The molecule has 0 unspecified atom stereocenters. The van der Waals surface area contributed by atoms with Crippen LogP contribution in [0.25, 0.3) is 6.08 Å². The Morgan fingerprint density at radius 3 is 2.25 bits per heavy atom. The first-order valence-electron chi connectivity index (χ1n) is 10.6. The van der Waals surface area contributed by atoms with E-state index in [4.69, 9.17) is 19.7 Å². The van der Waals surface area contributed by atoms with Crippen LogP contribution < -0.4 is 14.5 Å². The minimum absolute atomic E-state index is 0.0632. The number of hydrogen-bond donors (Lipinski definition) is 2. The zero-order valence-corrected chi connectivity index (χ0v) is 18.6. The monoisotopic (exact) mass is 490 g/mol. The highest BCUT2D eigenvalue weighted by Crippen LogP contribution is 2.32. The summed E-state index contributed by atoms with van der Waals surface area (Å²) < 4.78 is 24.0. The molecule has 10 heteroatoms. The second-order valence-electron chi connectivity index (χ2n) is 7.53. The van der Waals surface area contributed by atoms with Crippen LogP contribution in [0.2, 0.25) is 0 Å². The number of rotatable bonds is 9. The average Bonchev–Trinajstić information content (AvgIpc) is 3.19. The largest absolute Gasteiger partial charge is 0.482 e. The maximum Gasteiger partial charge on any atom is 0.341 e. The standard InChI is InChI=1S/C26H19FN2O7/c27-18-7-9-19(10-8-18)29-26(34)21(25(28-29)16-4-2-1-3-5-16)12-17-6-11-20(35-14-23(30)31)13-22(17)36-15-24(32)33/h1-13H,14-15H2,(H,30,31)(H,32,33)/b21-12-. The molecular weight excluding hydrogens is 471 g/mol. The van der Waals surface area contributed by atoms with Crippen LogP contribution in [0.1, 0.15) is 11.1 Å². The highest BCUT2D eigenvalue weighted by Gasteiger charge is 2.32. The molecule has 1 heterocycles. The van der Waals surface area contributed by atoms with Crippen LogP contribution in [0.15, 0.2) is 83.5 Å². The van der Waals surface area contributed by atoms with Crippen molar-refractivity contribution >= 4 is 35.3 Å². The summed E-state index contributed by atoms with van der Waals surface area (Å²) in [6.07, 6.45) is 1.50. The molecule has 3 aromatic rings. The smallest absolute Gasteiger partial charge is 0.341 e. The molecule has 1 amide bonds. The lowest BCUT2D eigenvalue weighted by atomic mass is 10.00. The zero-order valence-electron chi connectivity index (χ0n) is 18.6. The van der Waals surface area contributed by atoms with Gasteiger partial charge in [-0.3, -0.25) is 4.79 Å². The normalized spacial score (nSPS) is 14.0. The number of nitrogens with zero attached hydrogens (tertiary/aromatic N) is 2. The first kappa shape index (κ1) is 24.1. The van der Waals surface area contributed by atoms with Crippen molar-refractivity contribution in [3.63, 3.8) is 0 Å². The molecule has 0 spiro atoms. The van der Waals surface area contributed by atoms with E-state index in [0.29, 0.717) is 22.5 Å². The highest BCUT2D eigenvalue weighted by atomic mass is 19.1. The molecule has 0 aliphatic carbocycles. The predicted octanol–water partition coefficient (Wildman–Crippen LogP) is 3.59. The second-order valence-corrected chi connectivity index (χ2v) is 7.53. The fourth-order valence-electron chi connectivity index (χ4n) is 3.40. The van der Waals surface area contributed by atoms with Gasteiger partial charge in [-0.15, -0.1) is 0 Å². The molecule has 4 rings (SSSR count). The van der Waals surface area contributed by atoms with Crippen LogP contribution in [0.3, 0.4) is 0 Å². The third-order valence-corrected chi connectivity index (χ3v) is 4.99. The Morgan fingerprint density at radius 2 is 1.58 bits per heavy atom. The van der Waals surface area contributed by atoms with Crippen LogP contribution in [0.4, 0.5) is 10.1 Å². The third kappa shape index (κ3) is 5.55. The molecule has 0 aromatic heterocycles. The van der Waals surface area contributed by atoms with Crippen LogP contribution in [-0.4, -0.2) is 47.0 Å². The molecular formula is C26H19FN2O7. The van der Waals surface area contributed by atoms with E-state index < -0.39 is 36.9 Å². The minimum Gasteiger partial charge on any atom is -0.482 e. The van der Waals surface area contributed by atoms with Gasteiger partial charge in [0.2, 0.25) is 0 Å². The van der Waals surface area contributed by atoms with Gasteiger partial charge in [0.25, 0.3) is 5.91 Å². The van der Waals surface area contributed by atoms with Crippen molar-refractivity contribution in [3.05, 3.63) is 95.3 Å². The summed E-state index contributed by atoms with van der Waals surface area (Å²) in [6.45, 7) is -1.28. The van der Waals surface area contributed by atoms with Crippen molar-refractivity contribution in [2.24, 2.45) is 5.10 Å². The van der Waals surface area contributed by atoms with Crippen molar-refractivity contribution in [2.45, 2.75) is 0 Å². The van der Waals surface area contributed by atoms with Gasteiger partial charge in [0.05, 0.1) is 11.3 Å². The van der Waals surface area contributed by atoms with Gasteiger partial charge in [-0.2, -0.15) is 10.1 Å². The molecule has 0 radical (unpaired) electrons. The number of carboxylic acid groups (broad SMARTS) is 2. The van der Waals surface area contributed by atoms with Gasteiger partial charge < -0.3 is 19.7 Å². The summed E-state index contributed by atoms with van der Waals surface area (Å²) in [5.41, 5.74) is 1.88. The molecule has 0 saturated carbocycles. The quantitative estimate of drug-likeness (QED) is 0.439. The third-order valence-electron chi connectivity index (χ3n) is 4.99. The van der Waals surface area contributed by atoms with Crippen molar-refractivity contribution < 1.29 is 38.5 Å². The Kier molecular flexibility index (Phi) is 7.05. The second kappa shape index (κ2) is 10.5. The maximum absolute atomic E-state index is 13.4. The molecule has 0 fully saturated rings. The summed E-state index contributed by atoms with van der Waals surface area (Å²) in [7, 11) is 0. The number of aliphatic carboxylic acids is 2. The lowest BCUT2D eigenvalue weighted by molar-refractivity contribution is -0.140. The Morgan fingerprint density at radius 1 is 0.917 bits per heavy atom. The van der Waals surface area contributed by atoms with E-state index in [1.54, 1.807) is 24.3 Å². The number of hydrazone groups is 1. The highest BCUT2D eigenvalue weighted by molar-refractivity contribution is 6.37. The van der Waals surface area contributed by atoms with E-state index >= 15 is 0 Å². The van der Waals surface area contributed by atoms with Gasteiger partial charge in [0, 0.05) is 17.2 Å². The van der Waals surface area contributed by atoms with Crippen LogP contribution >= 0.6 is 0 Å². The van der Waals surface area contributed by atoms with E-state index in [-0.39, 0.29) is 17.1 Å². The molecule has 1 aliphatic rings. The molecule has 36 heavy (non-hydrogen) atoms. The summed E-state index contributed by atoms with van der Waals surface area (Å²) in [5.74, 6) is -3.16. The van der Waals surface area contributed by atoms with Crippen LogP contribution in [0.5, 0.6) is 11.5 Å². The Bertz CT molecular complexity index is 1370. The maximum atomic E-state index is 13.4. The van der Waals surface area contributed by atoms with E-state index in [1.807, 2.05) is 6.07 Å². The number of benzene rings is 3. The van der Waals surface area contributed by atoms with Gasteiger partial charge in [0.1, 0.15) is 23.0 Å². The van der Waals surface area contributed by atoms with Gasteiger partial charge in [-0.1, -0.05) is 30.3 Å². The summed E-state index contributed by atoms with van der Waals surface area (Å²) >= 11 is 0. The fraction of sp³-hybridized carbons (Fsp3) is 0.0769. The van der Waals surface area contributed by atoms with E-state index in [1.165, 1.54) is 48.5 Å². The minimum atomic E-state index is -1.23. The molecule has 0 saturated heterocycles. The number of ether oxygens (including phenoxy) is 2. The number of hydrogen-bond acceptors (Lipinski definition) is 6. The number of halogens is 1. The summed E-state index contributed by atoms with van der Waals surface area (Å²) in [6, 6.07) is 18.6. The predicted molar refractivity (Wildman–Crippen MR) is 128 cm³/mol. The van der Waals surface area contributed by atoms with Crippen molar-refractivity contribution in [3.8, 4) is 11.5 Å². The summed E-state index contributed by atoms with van der Waals surface area (Å²) in [4.78, 5) is 35.3. The Hall–Kier alpha value is -4.99. The number of anilines is 1. The molecule has 0 bridgehead atoms. The first-order valence-corrected chi connectivity index (χ1v) is 10.6.